The summed E-state index contributed by atoms with van der Waals surface area (Å²) in [4.78, 5) is 21.1. The van der Waals surface area contributed by atoms with E-state index in [4.69, 9.17) is 6.42 Å². The number of carbonyl (C=O) groups is 1. The fraction of sp³-hybridized carbons (Fsp3) is 0.364. The average Bonchev–Trinajstić information content (AvgIpc) is 2.35. The van der Waals surface area contributed by atoms with Crippen molar-refractivity contribution in [3.8, 4) is 12.3 Å². The maximum atomic E-state index is 11.4. The average molecular weight is 219 g/mol. The van der Waals surface area contributed by atoms with Crippen LogP contribution in [0.4, 0.5) is 5.82 Å². The van der Waals surface area contributed by atoms with Crippen LogP contribution in [0.2, 0.25) is 0 Å². The summed E-state index contributed by atoms with van der Waals surface area (Å²) >= 11 is 0. The summed E-state index contributed by atoms with van der Waals surface area (Å²) < 4.78 is 4.65. The minimum absolute atomic E-state index is 0.338. The number of anilines is 1. The summed E-state index contributed by atoms with van der Waals surface area (Å²) in [5.41, 5.74) is 0.338. The van der Waals surface area contributed by atoms with Gasteiger partial charge in [-0.2, -0.15) is 0 Å². The second-order valence-corrected chi connectivity index (χ2v) is 3.13. The first-order chi connectivity index (χ1) is 7.70. The molecule has 0 aliphatic carbocycles. The highest BCUT2D eigenvalue weighted by molar-refractivity contribution is 5.94. The monoisotopic (exact) mass is 219 g/mol. The molecule has 0 spiro atoms. The third-order valence-corrected chi connectivity index (χ3v) is 2.05. The number of nitrogens with zero attached hydrogens (tertiary/aromatic N) is 3. The Morgan fingerprint density at radius 1 is 1.69 bits per heavy atom. The van der Waals surface area contributed by atoms with Crippen molar-refractivity contribution in [3.05, 3.63) is 18.1 Å². The number of carbonyl (C=O) groups excluding carboxylic acids is 1. The first-order valence-corrected chi connectivity index (χ1v) is 4.73. The summed E-state index contributed by atoms with van der Waals surface area (Å²) in [6, 6.07) is 0. The molecule has 84 valence electrons. The molecule has 0 atom stereocenters. The first kappa shape index (κ1) is 12.0. The van der Waals surface area contributed by atoms with Gasteiger partial charge in [0.2, 0.25) is 0 Å². The van der Waals surface area contributed by atoms with E-state index in [1.165, 1.54) is 19.6 Å². The molecule has 0 saturated carbocycles. The topological polar surface area (TPSA) is 55.3 Å². The molecule has 0 N–H and O–H groups in total. The lowest BCUT2D eigenvalue weighted by molar-refractivity contribution is 0.0600. The van der Waals surface area contributed by atoms with E-state index in [9.17, 15) is 4.79 Å². The van der Waals surface area contributed by atoms with Crippen LogP contribution < -0.4 is 4.90 Å². The van der Waals surface area contributed by atoms with Crippen LogP contribution >= 0.6 is 0 Å². The highest BCUT2D eigenvalue weighted by Crippen LogP contribution is 2.15. The van der Waals surface area contributed by atoms with Gasteiger partial charge in [0.15, 0.2) is 0 Å². The number of aromatic nitrogens is 2. The quantitative estimate of drug-likeness (QED) is 0.551. The van der Waals surface area contributed by atoms with Gasteiger partial charge in [0, 0.05) is 26.2 Å². The van der Waals surface area contributed by atoms with E-state index in [1.54, 1.807) is 4.90 Å². The van der Waals surface area contributed by atoms with E-state index in [1.807, 2.05) is 7.05 Å². The molecule has 0 aliphatic heterocycles. The largest absolute Gasteiger partial charge is 0.465 e. The highest BCUT2D eigenvalue weighted by atomic mass is 16.5. The smallest absolute Gasteiger partial charge is 0.343 e. The summed E-state index contributed by atoms with van der Waals surface area (Å²) in [5, 5.41) is 0. The number of terminal acetylenes is 1. The zero-order valence-corrected chi connectivity index (χ0v) is 9.30. The molecular weight excluding hydrogens is 206 g/mol. The van der Waals surface area contributed by atoms with Crippen LogP contribution in [0, 0.1) is 12.3 Å². The molecule has 5 heteroatoms. The second kappa shape index (κ2) is 5.71. The maximum Gasteiger partial charge on any atom is 0.343 e. The predicted octanol–water partition coefficient (Wildman–Crippen LogP) is 0.723. The number of methoxy groups -OCH3 is 1. The van der Waals surface area contributed by atoms with Crippen LogP contribution in [-0.2, 0) is 4.74 Å². The van der Waals surface area contributed by atoms with Crippen molar-refractivity contribution < 1.29 is 9.53 Å². The van der Waals surface area contributed by atoms with Crippen LogP contribution in [0.5, 0.6) is 0 Å². The maximum absolute atomic E-state index is 11.4. The van der Waals surface area contributed by atoms with Gasteiger partial charge in [-0.1, -0.05) is 0 Å². The van der Waals surface area contributed by atoms with Crippen molar-refractivity contribution in [1.82, 2.24) is 9.97 Å². The van der Waals surface area contributed by atoms with Crippen molar-refractivity contribution in [1.29, 1.82) is 0 Å². The van der Waals surface area contributed by atoms with Crippen molar-refractivity contribution in [2.75, 3.05) is 25.6 Å². The van der Waals surface area contributed by atoms with Gasteiger partial charge >= 0.3 is 5.97 Å². The normalized spacial score (nSPS) is 9.31. The standard InChI is InChI=1S/C11H13N3O2/c1-4-5-6-14(2)10-9(11(15)16-3)7-12-8-13-10/h1,7-8H,5-6H2,2-3H3. The molecule has 0 saturated heterocycles. The molecule has 1 heterocycles. The van der Waals surface area contributed by atoms with Crippen molar-refractivity contribution in [2.45, 2.75) is 6.42 Å². The van der Waals surface area contributed by atoms with E-state index in [-0.39, 0.29) is 0 Å². The van der Waals surface area contributed by atoms with E-state index in [0.717, 1.165) is 0 Å². The molecule has 1 aromatic rings. The van der Waals surface area contributed by atoms with Gasteiger partial charge in [-0.05, 0) is 0 Å². The Hall–Kier alpha value is -2.09. The lowest BCUT2D eigenvalue weighted by atomic mass is 10.3. The minimum atomic E-state index is -0.455. The molecule has 0 aliphatic rings. The molecule has 0 fully saturated rings. The predicted molar refractivity (Wildman–Crippen MR) is 60.1 cm³/mol. The number of ether oxygens (including phenoxy) is 1. The van der Waals surface area contributed by atoms with Crippen molar-refractivity contribution in [3.63, 3.8) is 0 Å². The molecule has 16 heavy (non-hydrogen) atoms. The zero-order valence-electron chi connectivity index (χ0n) is 9.30. The molecule has 1 aromatic heterocycles. The molecule has 0 bridgehead atoms. The van der Waals surface area contributed by atoms with Gasteiger partial charge in [-0.25, -0.2) is 14.8 Å². The Kier molecular flexibility index (Phi) is 4.28. The molecule has 1 rings (SSSR count). The minimum Gasteiger partial charge on any atom is -0.465 e. The summed E-state index contributed by atoms with van der Waals surface area (Å²) in [5.74, 6) is 2.60. The van der Waals surface area contributed by atoms with Crippen LogP contribution in [-0.4, -0.2) is 36.6 Å². The molecule has 0 amide bonds. The van der Waals surface area contributed by atoms with E-state index < -0.39 is 5.97 Å². The third-order valence-electron chi connectivity index (χ3n) is 2.05. The lowest BCUT2D eigenvalue weighted by Crippen LogP contribution is -2.22. The summed E-state index contributed by atoms with van der Waals surface area (Å²) in [6.45, 7) is 0.623. The molecular formula is C11H13N3O2. The van der Waals surface area contributed by atoms with Crippen molar-refractivity contribution >= 4 is 11.8 Å². The van der Waals surface area contributed by atoms with Gasteiger partial charge < -0.3 is 9.64 Å². The van der Waals surface area contributed by atoms with Crippen LogP contribution in [0.3, 0.4) is 0 Å². The number of hydrogen-bond acceptors (Lipinski definition) is 5. The van der Waals surface area contributed by atoms with E-state index in [2.05, 4.69) is 20.6 Å². The Bertz CT molecular complexity index is 412. The number of rotatable bonds is 4. The number of esters is 1. The third kappa shape index (κ3) is 2.70. The van der Waals surface area contributed by atoms with E-state index in [0.29, 0.717) is 24.3 Å². The summed E-state index contributed by atoms with van der Waals surface area (Å²) in [7, 11) is 3.13. The Morgan fingerprint density at radius 3 is 3.06 bits per heavy atom. The highest BCUT2D eigenvalue weighted by Gasteiger charge is 2.15. The molecule has 0 unspecified atom stereocenters. The number of hydrogen-bond donors (Lipinski definition) is 0. The molecule has 0 aromatic carbocycles. The van der Waals surface area contributed by atoms with Crippen LogP contribution in [0.15, 0.2) is 12.5 Å². The van der Waals surface area contributed by atoms with E-state index >= 15 is 0 Å². The lowest BCUT2D eigenvalue weighted by Gasteiger charge is -2.18. The SMILES string of the molecule is C#CCCN(C)c1ncncc1C(=O)OC. The van der Waals surface area contributed by atoms with Crippen LogP contribution in [0.1, 0.15) is 16.8 Å². The molecule has 5 nitrogen and oxygen atoms in total. The van der Waals surface area contributed by atoms with Gasteiger partial charge in [-0.15, -0.1) is 12.3 Å². The molecule has 0 radical (unpaired) electrons. The Labute approximate surface area is 94.5 Å². The van der Waals surface area contributed by atoms with Crippen molar-refractivity contribution in [2.24, 2.45) is 0 Å². The van der Waals surface area contributed by atoms with Gasteiger partial charge in [0.1, 0.15) is 17.7 Å². The Balaban J connectivity index is 2.94. The van der Waals surface area contributed by atoms with Gasteiger partial charge in [-0.3, -0.25) is 0 Å². The zero-order chi connectivity index (χ0) is 12.0. The second-order valence-electron chi connectivity index (χ2n) is 3.13. The Morgan fingerprint density at radius 2 is 2.44 bits per heavy atom. The van der Waals surface area contributed by atoms with Gasteiger partial charge in [0.25, 0.3) is 0 Å². The van der Waals surface area contributed by atoms with Crippen LogP contribution in [0.25, 0.3) is 0 Å². The van der Waals surface area contributed by atoms with Gasteiger partial charge in [0.05, 0.1) is 7.11 Å². The fourth-order valence-electron chi connectivity index (χ4n) is 1.22. The summed E-state index contributed by atoms with van der Waals surface area (Å²) in [6.07, 6.45) is 8.58. The first-order valence-electron chi connectivity index (χ1n) is 4.73. The fourth-order valence-corrected chi connectivity index (χ4v) is 1.22.